The van der Waals surface area contributed by atoms with Gasteiger partial charge >= 0.3 is 0 Å². The molecule has 2 heterocycles. The van der Waals surface area contributed by atoms with Crippen LogP contribution in [0, 0.1) is 6.92 Å². The van der Waals surface area contributed by atoms with E-state index in [1.165, 1.54) is 16.3 Å². The molecule has 0 saturated carbocycles. The van der Waals surface area contributed by atoms with E-state index in [9.17, 15) is 4.79 Å². The molecule has 140 valence electrons. The summed E-state index contributed by atoms with van der Waals surface area (Å²) >= 11 is 0. The Labute approximate surface area is 160 Å². The first-order valence-corrected chi connectivity index (χ1v) is 9.60. The Hall–Kier alpha value is -2.66. The van der Waals surface area contributed by atoms with E-state index in [1.54, 1.807) is 4.68 Å². The molecule has 1 aliphatic heterocycles. The fraction of sp³-hybridized carbons (Fsp3) is 0.364. The van der Waals surface area contributed by atoms with Crippen LogP contribution < -0.4 is 5.32 Å². The quantitative estimate of drug-likeness (QED) is 0.775. The van der Waals surface area contributed by atoms with Gasteiger partial charge in [-0.05, 0) is 48.2 Å². The highest BCUT2D eigenvalue weighted by Gasteiger charge is 2.22. The average Bonchev–Trinajstić information content (AvgIpc) is 3.01. The van der Waals surface area contributed by atoms with Crippen molar-refractivity contribution in [1.82, 2.24) is 20.0 Å². The van der Waals surface area contributed by atoms with Gasteiger partial charge in [-0.3, -0.25) is 14.4 Å². The van der Waals surface area contributed by atoms with E-state index < -0.39 is 0 Å². The zero-order valence-corrected chi connectivity index (χ0v) is 16.0. The molecule has 4 rings (SSSR count). The normalized spacial score (nSPS) is 15.9. The fourth-order valence-electron chi connectivity index (χ4n) is 3.91. The molecule has 1 aliphatic rings. The second-order valence-electron chi connectivity index (χ2n) is 7.50. The van der Waals surface area contributed by atoms with Gasteiger partial charge in [0.25, 0.3) is 5.91 Å². The standard InChI is InChI=1S/C22H26N4O/c1-16-13-21(25(2)24-16)22(27)23-20-9-11-26(12-10-20)15-17-7-8-18-5-3-4-6-19(18)14-17/h3-8,13-14,20H,9-12,15H2,1-2H3,(H,23,27). The lowest BCUT2D eigenvalue weighted by Gasteiger charge is -2.32. The molecule has 5 nitrogen and oxygen atoms in total. The molecule has 0 radical (unpaired) electrons. The third-order valence-electron chi connectivity index (χ3n) is 5.38. The maximum absolute atomic E-state index is 12.5. The number of fused-ring (bicyclic) bond motifs is 1. The van der Waals surface area contributed by atoms with Crippen LogP contribution in [0.3, 0.4) is 0 Å². The maximum atomic E-state index is 12.5. The van der Waals surface area contributed by atoms with Crippen LogP contribution >= 0.6 is 0 Å². The van der Waals surface area contributed by atoms with E-state index in [4.69, 9.17) is 0 Å². The monoisotopic (exact) mass is 362 g/mol. The van der Waals surface area contributed by atoms with Crippen LogP contribution in [0.5, 0.6) is 0 Å². The number of amides is 1. The largest absolute Gasteiger partial charge is 0.348 e. The lowest BCUT2D eigenvalue weighted by molar-refractivity contribution is 0.0899. The zero-order valence-electron chi connectivity index (χ0n) is 16.0. The summed E-state index contributed by atoms with van der Waals surface area (Å²) in [5, 5.41) is 10.0. The molecule has 1 amide bonds. The van der Waals surface area contributed by atoms with Crippen LogP contribution in [0.15, 0.2) is 48.5 Å². The number of carbonyl (C=O) groups is 1. The van der Waals surface area contributed by atoms with Gasteiger partial charge in [-0.1, -0.05) is 36.4 Å². The highest BCUT2D eigenvalue weighted by atomic mass is 16.2. The Morgan fingerprint density at radius 1 is 1.11 bits per heavy atom. The van der Waals surface area contributed by atoms with E-state index in [-0.39, 0.29) is 11.9 Å². The number of aromatic nitrogens is 2. The fourth-order valence-corrected chi connectivity index (χ4v) is 3.91. The number of aryl methyl sites for hydroxylation is 2. The Bertz CT molecular complexity index is 954. The van der Waals surface area contributed by atoms with Crippen molar-refractivity contribution in [2.45, 2.75) is 32.4 Å². The molecule has 0 spiro atoms. The topological polar surface area (TPSA) is 50.2 Å². The number of nitrogens with one attached hydrogen (secondary N) is 1. The Kier molecular flexibility index (Phi) is 4.94. The number of likely N-dealkylation sites (tertiary alicyclic amines) is 1. The Morgan fingerprint density at radius 2 is 1.85 bits per heavy atom. The molecule has 0 aliphatic carbocycles. The van der Waals surface area contributed by atoms with E-state index in [0.29, 0.717) is 5.69 Å². The van der Waals surface area contributed by atoms with Gasteiger partial charge in [0.1, 0.15) is 5.69 Å². The minimum Gasteiger partial charge on any atom is -0.348 e. The second kappa shape index (κ2) is 7.53. The third-order valence-corrected chi connectivity index (χ3v) is 5.38. The summed E-state index contributed by atoms with van der Waals surface area (Å²) in [4.78, 5) is 14.9. The summed E-state index contributed by atoms with van der Waals surface area (Å²) in [5.74, 6) is -0.0221. The summed E-state index contributed by atoms with van der Waals surface area (Å²) in [7, 11) is 1.81. The Morgan fingerprint density at radius 3 is 2.56 bits per heavy atom. The SMILES string of the molecule is Cc1cc(C(=O)NC2CCN(Cc3ccc4ccccc4c3)CC2)n(C)n1. The smallest absolute Gasteiger partial charge is 0.269 e. The molecule has 3 aromatic rings. The van der Waals surface area contributed by atoms with E-state index >= 15 is 0 Å². The summed E-state index contributed by atoms with van der Waals surface area (Å²) < 4.78 is 1.65. The number of carbonyl (C=O) groups excluding carboxylic acids is 1. The molecule has 0 unspecified atom stereocenters. The molecule has 0 atom stereocenters. The van der Waals surface area contributed by atoms with Crippen LogP contribution in [-0.4, -0.2) is 39.7 Å². The number of rotatable bonds is 4. The number of piperidine rings is 1. The predicted molar refractivity (Wildman–Crippen MR) is 108 cm³/mol. The molecule has 0 bridgehead atoms. The van der Waals surface area contributed by atoms with Crippen molar-refractivity contribution in [2.75, 3.05) is 13.1 Å². The molecule has 27 heavy (non-hydrogen) atoms. The summed E-state index contributed by atoms with van der Waals surface area (Å²) in [6.07, 6.45) is 1.96. The van der Waals surface area contributed by atoms with Crippen molar-refractivity contribution in [1.29, 1.82) is 0 Å². The molecule has 1 saturated heterocycles. The van der Waals surface area contributed by atoms with Gasteiger partial charge in [0.2, 0.25) is 0 Å². The number of hydrogen-bond acceptors (Lipinski definition) is 3. The molecule has 1 aromatic heterocycles. The predicted octanol–water partition coefficient (Wildman–Crippen LogP) is 3.28. The van der Waals surface area contributed by atoms with Crippen molar-refractivity contribution in [3.8, 4) is 0 Å². The minimum atomic E-state index is -0.0221. The summed E-state index contributed by atoms with van der Waals surface area (Å²) in [5.41, 5.74) is 2.85. The number of hydrogen-bond donors (Lipinski definition) is 1. The molecule has 1 N–H and O–H groups in total. The van der Waals surface area contributed by atoms with E-state index in [1.807, 2.05) is 20.0 Å². The number of benzene rings is 2. The average molecular weight is 362 g/mol. The van der Waals surface area contributed by atoms with Gasteiger partial charge in [-0.15, -0.1) is 0 Å². The lowest BCUT2D eigenvalue weighted by Crippen LogP contribution is -2.44. The highest BCUT2D eigenvalue weighted by Crippen LogP contribution is 2.19. The van der Waals surface area contributed by atoms with Gasteiger partial charge in [0.05, 0.1) is 5.69 Å². The summed E-state index contributed by atoms with van der Waals surface area (Å²) in [6.45, 7) is 4.87. The van der Waals surface area contributed by atoms with Gasteiger partial charge < -0.3 is 5.32 Å². The molecular formula is C22H26N4O. The van der Waals surface area contributed by atoms with Gasteiger partial charge in [-0.2, -0.15) is 5.10 Å². The maximum Gasteiger partial charge on any atom is 0.269 e. The Balaban J connectivity index is 1.32. The van der Waals surface area contributed by atoms with Crippen LogP contribution in [-0.2, 0) is 13.6 Å². The molecule has 2 aromatic carbocycles. The summed E-state index contributed by atoms with van der Waals surface area (Å²) in [6, 6.07) is 17.3. The first-order chi connectivity index (χ1) is 13.1. The van der Waals surface area contributed by atoms with Crippen LogP contribution in [0.4, 0.5) is 0 Å². The van der Waals surface area contributed by atoms with Crippen molar-refractivity contribution in [3.63, 3.8) is 0 Å². The van der Waals surface area contributed by atoms with Crippen LogP contribution in [0.1, 0.15) is 34.6 Å². The lowest BCUT2D eigenvalue weighted by atomic mass is 10.0. The molecule has 1 fully saturated rings. The van der Waals surface area contributed by atoms with Crippen molar-refractivity contribution in [2.24, 2.45) is 7.05 Å². The van der Waals surface area contributed by atoms with Crippen LogP contribution in [0.2, 0.25) is 0 Å². The van der Waals surface area contributed by atoms with Crippen LogP contribution in [0.25, 0.3) is 10.8 Å². The van der Waals surface area contributed by atoms with Crippen molar-refractivity contribution < 1.29 is 4.79 Å². The van der Waals surface area contributed by atoms with Gasteiger partial charge in [0, 0.05) is 32.7 Å². The van der Waals surface area contributed by atoms with Gasteiger partial charge in [0.15, 0.2) is 0 Å². The van der Waals surface area contributed by atoms with Gasteiger partial charge in [-0.25, -0.2) is 0 Å². The highest BCUT2D eigenvalue weighted by molar-refractivity contribution is 5.92. The zero-order chi connectivity index (χ0) is 18.8. The molecular weight excluding hydrogens is 336 g/mol. The molecule has 5 heteroatoms. The third kappa shape index (κ3) is 4.03. The van der Waals surface area contributed by atoms with E-state index in [2.05, 4.69) is 57.8 Å². The minimum absolute atomic E-state index is 0.0221. The second-order valence-corrected chi connectivity index (χ2v) is 7.50. The van der Waals surface area contributed by atoms with Crippen molar-refractivity contribution >= 4 is 16.7 Å². The van der Waals surface area contributed by atoms with E-state index in [0.717, 1.165) is 38.2 Å². The van der Waals surface area contributed by atoms with Crippen molar-refractivity contribution in [3.05, 3.63) is 65.5 Å². The first kappa shape index (κ1) is 17.7. The number of nitrogens with zero attached hydrogens (tertiary/aromatic N) is 3. The first-order valence-electron chi connectivity index (χ1n) is 9.60.